The summed E-state index contributed by atoms with van der Waals surface area (Å²) in [6, 6.07) is 12.0. The molecule has 0 spiro atoms. The highest BCUT2D eigenvalue weighted by atomic mass is 16.5. The lowest BCUT2D eigenvalue weighted by Crippen LogP contribution is -2.37. The second-order valence-electron chi connectivity index (χ2n) is 9.53. The Kier molecular flexibility index (Phi) is 11.9. The first-order valence-corrected chi connectivity index (χ1v) is 13.2. The molecule has 0 aliphatic heterocycles. The Morgan fingerprint density at radius 3 is 2.55 bits per heavy atom. The Hall–Kier alpha value is -3.58. The van der Waals surface area contributed by atoms with E-state index in [2.05, 4.69) is 22.2 Å². The van der Waals surface area contributed by atoms with Gasteiger partial charge in [0.15, 0.2) is 5.96 Å². The average Bonchev–Trinajstić information content (AvgIpc) is 2.90. The molecule has 0 radical (unpaired) electrons. The zero-order valence-corrected chi connectivity index (χ0v) is 22.0. The number of hydrogen-bond acceptors (Lipinski definition) is 6. The van der Waals surface area contributed by atoms with Crippen LogP contribution in [0.2, 0.25) is 0 Å². The van der Waals surface area contributed by atoms with E-state index in [0.29, 0.717) is 43.3 Å². The number of nitrogens with one attached hydrogen (secondary N) is 1. The van der Waals surface area contributed by atoms with Crippen molar-refractivity contribution in [3.05, 3.63) is 53.6 Å². The molecule has 2 aromatic carbocycles. The van der Waals surface area contributed by atoms with Crippen LogP contribution in [-0.4, -0.2) is 44.3 Å². The lowest BCUT2D eigenvalue weighted by atomic mass is 9.87. The lowest BCUT2D eigenvalue weighted by molar-refractivity contribution is -0.117. The predicted molar refractivity (Wildman–Crippen MR) is 152 cm³/mol. The lowest BCUT2D eigenvalue weighted by Gasteiger charge is -2.21. The third kappa shape index (κ3) is 10.4. The maximum Gasteiger partial charge on any atom is 0.241 e. The molecule has 1 aliphatic rings. The van der Waals surface area contributed by atoms with Crippen LogP contribution in [0.25, 0.3) is 0 Å². The van der Waals surface area contributed by atoms with E-state index in [4.69, 9.17) is 32.4 Å². The Bertz CT molecular complexity index is 1110. The van der Waals surface area contributed by atoms with Gasteiger partial charge in [0, 0.05) is 23.9 Å². The molecule has 1 aliphatic carbocycles. The van der Waals surface area contributed by atoms with Crippen LogP contribution < -0.4 is 33.0 Å². The number of nitrogens with zero attached hydrogens (tertiary/aromatic N) is 1. The van der Waals surface area contributed by atoms with E-state index < -0.39 is 6.04 Å². The number of anilines is 1. The summed E-state index contributed by atoms with van der Waals surface area (Å²) in [5, 5.41) is 2.92. The molecule has 0 bridgehead atoms. The van der Waals surface area contributed by atoms with Gasteiger partial charge in [0.1, 0.15) is 12.4 Å². The van der Waals surface area contributed by atoms with Gasteiger partial charge in [-0.2, -0.15) is 0 Å². The number of aliphatic imine (C=N–C) groups is 1. The van der Waals surface area contributed by atoms with E-state index in [1.54, 1.807) is 18.2 Å². The predicted octanol–water partition coefficient (Wildman–Crippen LogP) is 2.78. The number of rotatable bonds is 12. The molecule has 38 heavy (non-hydrogen) atoms. The normalized spacial score (nSPS) is 14.2. The average molecular weight is 521 g/mol. The fourth-order valence-corrected chi connectivity index (χ4v) is 4.43. The zero-order valence-electron chi connectivity index (χ0n) is 22.0. The number of guanidine groups is 1. The van der Waals surface area contributed by atoms with Gasteiger partial charge in [-0.05, 0) is 48.6 Å². The minimum absolute atomic E-state index is 0.0128. The Balaban J connectivity index is 1.64. The monoisotopic (exact) mass is 520 g/mol. The van der Waals surface area contributed by atoms with Crippen molar-refractivity contribution < 1.29 is 14.3 Å². The van der Waals surface area contributed by atoms with Crippen LogP contribution in [0.1, 0.15) is 49.7 Å². The molecule has 1 atom stereocenters. The first kappa shape index (κ1) is 29.0. The Morgan fingerprint density at radius 1 is 1.08 bits per heavy atom. The molecule has 1 saturated carbocycles. The fourth-order valence-electron chi connectivity index (χ4n) is 4.43. The summed E-state index contributed by atoms with van der Waals surface area (Å²) in [6.07, 6.45) is 7.87. The van der Waals surface area contributed by atoms with Gasteiger partial charge >= 0.3 is 0 Å². The van der Waals surface area contributed by atoms with Gasteiger partial charge in [0.2, 0.25) is 5.91 Å². The van der Waals surface area contributed by atoms with E-state index in [0.717, 1.165) is 23.5 Å². The molecule has 9 nitrogen and oxygen atoms in total. The number of ether oxygens (including phenoxy) is 2. The topological polar surface area (TPSA) is 164 Å². The van der Waals surface area contributed by atoms with Crippen LogP contribution in [0.15, 0.2) is 47.5 Å². The Morgan fingerprint density at radius 2 is 1.84 bits per heavy atom. The third-order valence-corrected chi connectivity index (χ3v) is 6.35. The summed E-state index contributed by atoms with van der Waals surface area (Å²) in [4.78, 5) is 16.9. The summed E-state index contributed by atoms with van der Waals surface area (Å²) in [7, 11) is 0. The number of amides is 1. The molecular formula is C29H40N6O3. The molecule has 0 heterocycles. The van der Waals surface area contributed by atoms with Crippen molar-refractivity contribution in [2.75, 3.05) is 31.7 Å². The number of nitrogens with two attached hydrogens (primary N) is 4. The second kappa shape index (κ2) is 15.6. The molecule has 1 amide bonds. The molecule has 204 valence electrons. The molecule has 2 aromatic rings. The number of hydrogen-bond donors (Lipinski definition) is 5. The highest BCUT2D eigenvalue weighted by Gasteiger charge is 2.16. The maximum absolute atomic E-state index is 12.9. The zero-order chi connectivity index (χ0) is 27.2. The number of benzene rings is 2. The molecule has 9 N–H and O–H groups in total. The van der Waals surface area contributed by atoms with Crippen molar-refractivity contribution in [2.45, 2.75) is 51.0 Å². The second-order valence-corrected chi connectivity index (χ2v) is 9.53. The largest absolute Gasteiger partial charge is 0.493 e. The molecule has 9 heteroatoms. The minimum atomic E-state index is -0.751. The first-order chi connectivity index (χ1) is 18.4. The summed E-state index contributed by atoms with van der Waals surface area (Å²) in [5.74, 6) is 7.12. The van der Waals surface area contributed by atoms with Crippen LogP contribution in [-0.2, 0) is 16.0 Å². The van der Waals surface area contributed by atoms with E-state index in [9.17, 15) is 4.79 Å². The molecule has 0 aromatic heterocycles. The van der Waals surface area contributed by atoms with Crippen LogP contribution in [0.5, 0.6) is 5.75 Å². The van der Waals surface area contributed by atoms with E-state index >= 15 is 0 Å². The van der Waals surface area contributed by atoms with E-state index in [1.807, 2.05) is 24.3 Å². The fraction of sp³-hybridized carbons (Fsp3) is 0.448. The van der Waals surface area contributed by atoms with Crippen molar-refractivity contribution in [1.82, 2.24) is 0 Å². The maximum atomic E-state index is 12.9. The first-order valence-electron chi connectivity index (χ1n) is 13.2. The molecule has 1 fully saturated rings. The molecular weight excluding hydrogens is 480 g/mol. The molecule has 0 unspecified atom stereocenters. The van der Waals surface area contributed by atoms with Crippen LogP contribution in [0.3, 0.4) is 0 Å². The van der Waals surface area contributed by atoms with Crippen LogP contribution in [0.4, 0.5) is 11.4 Å². The van der Waals surface area contributed by atoms with Gasteiger partial charge in [-0.15, -0.1) is 0 Å². The summed E-state index contributed by atoms with van der Waals surface area (Å²) < 4.78 is 11.4. The summed E-state index contributed by atoms with van der Waals surface area (Å²) in [6.45, 7) is 1.81. The van der Waals surface area contributed by atoms with Crippen molar-refractivity contribution in [2.24, 2.45) is 33.8 Å². The van der Waals surface area contributed by atoms with Crippen molar-refractivity contribution >= 4 is 23.2 Å². The van der Waals surface area contributed by atoms with Crippen molar-refractivity contribution in [3.63, 3.8) is 0 Å². The highest BCUT2D eigenvalue weighted by molar-refractivity contribution is 5.95. The summed E-state index contributed by atoms with van der Waals surface area (Å²) >= 11 is 0. The van der Waals surface area contributed by atoms with Gasteiger partial charge in [-0.1, -0.05) is 56.1 Å². The Labute approximate surface area is 225 Å². The standard InChI is InChI=1S/C29H40N6O3/c30-13-16-37-14-4-7-23-17-25(20-26(18-23)38-15-12-21-5-2-1-3-6-21)34-28(36)27(31)19-22-8-10-24(11-9-22)35-29(32)33/h8-11,17-18,20-21,27H,1-3,5-6,12-16,19,30-31H2,(H,34,36)(H4,32,33,35)/t27-/m0/s1. The quantitative estimate of drug-likeness (QED) is 0.124. The van der Waals surface area contributed by atoms with Crippen LogP contribution >= 0.6 is 0 Å². The highest BCUT2D eigenvalue weighted by Crippen LogP contribution is 2.27. The summed E-state index contributed by atoms with van der Waals surface area (Å²) in [5.41, 5.74) is 25.3. The minimum Gasteiger partial charge on any atom is -0.493 e. The van der Waals surface area contributed by atoms with Gasteiger partial charge in [0.25, 0.3) is 0 Å². The van der Waals surface area contributed by atoms with E-state index in [-0.39, 0.29) is 18.5 Å². The van der Waals surface area contributed by atoms with Gasteiger partial charge in [-0.3, -0.25) is 4.79 Å². The molecule has 0 saturated heterocycles. The van der Waals surface area contributed by atoms with Gasteiger partial charge in [-0.25, -0.2) is 4.99 Å². The third-order valence-electron chi connectivity index (χ3n) is 6.35. The smallest absolute Gasteiger partial charge is 0.241 e. The van der Waals surface area contributed by atoms with Gasteiger partial charge in [0.05, 0.1) is 24.9 Å². The van der Waals surface area contributed by atoms with Crippen LogP contribution in [0, 0.1) is 17.8 Å². The van der Waals surface area contributed by atoms with Crippen molar-refractivity contribution in [3.8, 4) is 17.6 Å². The van der Waals surface area contributed by atoms with E-state index in [1.165, 1.54) is 32.1 Å². The number of carbonyl (C=O) groups is 1. The molecule has 3 rings (SSSR count). The SMILES string of the molecule is NCCOCC#Cc1cc(NC(=O)[C@@H](N)Cc2ccc(N=C(N)N)cc2)cc(OCCC2CCCCC2)c1. The van der Waals surface area contributed by atoms with Crippen molar-refractivity contribution in [1.29, 1.82) is 0 Å². The number of carbonyl (C=O) groups excluding carboxylic acids is 1. The van der Waals surface area contributed by atoms with Gasteiger partial charge < -0.3 is 37.7 Å².